The van der Waals surface area contributed by atoms with E-state index in [0.29, 0.717) is 26.7 Å². The highest BCUT2D eigenvalue weighted by atomic mass is 35.5. The van der Waals surface area contributed by atoms with Crippen molar-refractivity contribution < 1.29 is 9.53 Å². The van der Waals surface area contributed by atoms with Crippen molar-refractivity contribution in [3.05, 3.63) is 50.3 Å². The number of nitrogens with one attached hydrogen (secondary N) is 1. The minimum atomic E-state index is -0.748. The van der Waals surface area contributed by atoms with Gasteiger partial charge in [0.1, 0.15) is 16.6 Å². The van der Waals surface area contributed by atoms with E-state index in [-0.39, 0.29) is 11.5 Å². The first-order valence-electron chi connectivity index (χ1n) is 7.94. The Morgan fingerprint density at radius 3 is 2.81 bits per heavy atom. The van der Waals surface area contributed by atoms with E-state index in [1.807, 2.05) is 13.8 Å². The van der Waals surface area contributed by atoms with Crippen LogP contribution >= 0.6 is 22.9 Å². The SMILES string of the molecule is COc1ccc(Cl)cc1NC(=O)C(C)n1cnc2sc(C)c(C)c2c1=O. The predicted molar refractivity (Wildman–Crippen MR) is 105 cm³/mol. The molecule has 136 valence electrons. The average molecular weight is 392 g/mol. The number of aryl methyl sites for hydroxylation is 2. The van der Waals surface area contributed by atoms with E-state index in [4.69, 9.17) is 16.3 Å². The van der Waals surface area contributed by atoms with Crippen molar-refractivity contribution in [2.24, 2.45) is 0 Å². The van der Waals surface area contributed by atoms with Crippen LogP contribution < -0.4 is 15.6 Å². The zero-order chi connectivity index (χ0) is 19.0. The zero-order valence-corrected chi connectivity index (χ0v) is 16.4. The maximum atomic E-state index is 12.8. The van der Waals surface area contributed by atoms with Crippen molar-refractivity contribution in [2.75, 3.05) is 12.4 Å². The van der Waals surface area contributed by atoms with Gasteiger partial charge in [-0.15, -0.1) is 11.3 Å². The normalized spacial score (nSPS) is 12.2. The fourth-order valence-electron chi connectivity index (χ4n) is 2.67. The topological polar surface area (TPSA) is 73.2 Å². The van der Waals surface area contributed by atoms with E-state index in [9.17, 15) is 9.59 Å². The third kappa shape index (κ3) is 3.20. The summed E-state index contributed by atoms with van der Waals surface area (Å²) in [5.74, 6) is 0.124. The first-order valence-corrected chi connectivity index (χ1v) is 9.14. The third-order valence-electron chi connectivity index (χ3n) is 4.33. The standard InChI is InChI=1S/C18H18ClN3O3S/c1-9-11(3)26-17-15(9)18(24)22(8-20-17)10(2)16(23)21-13-7-12(19)5-6-14(13)25-4/h5-8,10H,1-4H3,(H,21,23). The molecule has 3 rings (SSSR count). The molecule has 0 aliphatic rings. The Bertz CT molecular complexity index is 1060. The Morgan fingerprint density at radius 2 is 2.12 bits per heavy atom. The molecule has 0 aliphatic heterocycles. The Balaban J connectivity index is 1.96. The number of halogens is 1. The summed E-state index contributed by atoms with van der Waals surface area (Å²) in [5.41, 5.74) is 1.13. The molecule has 1 aromatic carbocycles. The highest BCUT2D eigenvalue weighted by Gasteiger charge is 2.21. The lowest BCUT2D eigenvalue weighted by Crippen LogP contribution is -2.31. The Morgan fingerprint density at radius 1 is 1.38 bits per heavy atom. The summed E-state index contributed by atoms with van der Waals surface area (Å²) in [5, 5.41) is 3.80. The fraction of sp³-hybridized carbons (Fsp3) is 0.278. The highest BCUT2D eigenvalue weighted by molar-refractivity contribution is 7.18. The van der Waals surface area contributed by atoms with Crippen molar-refractivity contribution in [1.29, 1.82) is 0 Å². The molecular weight excluding hydrogens is 374 g/mol. The summed E-state index contributed by atoms with van der Waals surface area (Å²) in [4.78, 5) is 31.6. The van der Waals surface area contributed by atoms with Crippen molar-refractivity contribution in [3.63, 3.8) is 0 Å². The molecule has 0 bridgehead atoms. The van der Waals surface area contributed by atoms with Crippen molar-refractivity contribution in [2.45, 2.75) is 26.8 Å². The van der Waals surface area contributed by atoms with Gasteiger partial charge in [-0.25, -0.2) is 4.98 Å². The summed E-state index contributed by atoms with van der Waals surface area (Å²) < 4.78 is 6.57. The van der Waals surface area contributed by atoms with Crippen LogP contribution in [0.3, 0.4) is 0 Å². The number of carbonyl (C=O) groups excluding carboxylic acids is 1. The first kappa shape index (κ1) is 18.4. The molecule has 0 saturated heterocycles. The summed E-state index contributed by atoms with van der Waals surface area (Å²) in [7, 11) is 1.51. The van der Waals surface area contributed by atoms with Crippen LogP contribution in [0.25, 0.3) is 10.2 Å². The number of aromatic nitrogens is 2. The summed E-state index contributed by atoms with van der Waals surface area (Å²) >= 11 is 7.47. The molecule has 0 radical (unpaired) electrons. The van der Waals surface area contributed by atoms with Crippen LogP contribution in [0, 0.1) is 13.8 Å². The molecule has 6 nitrogen and oxygen atoms in total. The molecule has 26 heavy (non-hydrogen) atoms. The van der Waals surface area contributed by atoms with Gasteiger partial charge < -0.3 is 10.1 Å². The van der Waals surface area contributed by atoms with Crippen molar-refractivity contribution in [3.8, 4) is 5.75 Å². The number of nitrogens with zero attached hydrogens (tertiary/aromatic N) is 2. The monoisotopic (exact) mass is 391 g/mol. The van der Waals surface area contributed by atoms with Crippen LogP contribution in [-0.4, -0.2) is 22.6 Å². The molecule has 0 aliphatic carbocycles. The maximum Gasteiger partial charge on any atom is 0.263 e. The number of carbonyl (C=O) groups is 1. The summed E-state index contributed by atoms with van der Waals surface area (Å²) in [6, 6.07) is 4.19. The predicted octanol–water partition coefficient (Wildman–Crippen LogP) is 3.94. The average Bonchev–Trinajstić information content (AvgIpc) is 2.90. The highest BCUT2D eigenvalue weighted by Crippen LogP contribution is 2.29. The van der Waals surface area contributed by atoms with Gasteiger partial charge in [0.15, 0.2) is 0 Å². The molecule has 0 fully saturated rings. The minimum Gasteiger partial charge on any atom is -0.495 e. The second kappa shape index (κ2) is 7.09. The van der Waals surface area contributed by atoms with Crippen LogP contribution in [0.4, 0.5) is 5.69 Å². The lowest BCUT2D eigenvalue weighted by atomic mass is 10.2. The Kier molecular flexibility index (Phi) is 5.02. The number of fused-ring (bicyclic) bond motifs is 1. The van der Waals surface area contributed by atoms with Crippen LogP contribution in [0.5, 0.6) is 5.75 Å². The van der Waals surface area contributed by atoms with E-state index in [2.05, 4.69) is 10.3 Å². The fourth-order valence-corrected chi connectivity index (χ4v) is 3.82. The summed E-state index contributed by atoms with van der Waals surface area (Å²) in [6.07, 6.45) is 1.42. The van der Waals surface area contributed by atoms with Gasteiger partial charge in [0.2, 0.25) is 5.91 Å². The van der Waals surface area contributed by atoms with Crippen LogP contribution in [0.2, 0.25) is 5.02 Å². The van der Waals surface area contributed by atoms with E-state index < -0.39 is 6.04 Å². The summed E-state index contributed by atoms with van der Waals surface area (Å²) in [6.45, 7) is 5.49. The number of ether oxygens (including phenoxy) is 1. The molecule has 3 aromatic rings. The van der Waals surface area contributed by atoms with Gasteiger partial charge in [0, 0.05) is 9.90 Å². The lowest BCUT2D eigenvalue weighted by Gasteiger charge is -2.16. The molecule has 8 heteroatoms. The molecule has 0 spiro atoms. The molecule has 2 heterocycles. The maximum absolute atomic E-state index is 12.8. The van der Waals surface area contributed by atoms with Gasteiger partial charge in [0.25, 0.3) is 5.56 Å². The second-order valence-corrected chi connectivity index (χ2v) is 7.57. The molecule has 1 N–H and O–H groups in total. The molecule has 1 unspecified atom stereocenters. The zero-order valence-electron chi connectivity index (χ0n) is 14.8. The molecule has 2 aromatic heterocycles. The smallest absolute Gasteiger partial charge is 0.263 e. The van der Waals surface area contributed by atoms with E-state index >= 15 is 0 Å². The van der Waals surface area contributed by atoms with Gasteiger partial charge in [-0.1, -0.05) is 11.6 Å². The molecule has 1 amide bonds. The van der Waals surface area contributed by atoms with Crippen LogP contribution in [0.1, 0.15) is 23.4 Å². The number of benzene rings is 1. The van der Waals surface area contributed by atoms with Gasteiger partial charge in [0.05, 0.1) is 24.5 Å². The number of hydrogen-bond acceptors (Lipinski definition) is 5. The minimum absolute atomic E-state index is 0.224. The van der Waals surface area contributed by atoms with E-state index in [1.165, 1.54) is 29.3 Å². The Hall–Kier alpha value is -2.38. The second-order valence-electron chi connectivity index (χ2n) is 5.93. The van der Waals surface area contributed by atoms with E-state index in [1.54, 1.807) is 25.1 Å². The third-order valence-corrected chi connectivity index (χ3v) is 5.68. The number of rotatable bonds is 4. The van der Waals surface area contributed by atoms with Crippen LogP contribution in [-0.2, 0) is 4.79 Å². The Labute approximate surface area is 159 Å². The van der Waals surface area contributed by atoms with Gasteiger partial charge in [-0.3, -0.25) is 14.2 Å². The van der Waals surface area contributed by atoms with Gasteiger partial charge in [-0.2, -0.15) is 0 Å². The largest absolute Gasteiger partial charge is 0.495 e. The molecule has 0 saturated carbocycles. The number of methoxy groups -OCH3 is 1. The van der Waals surface area contributed by atoms with Crippen molar-refractivity contribution in [1.82, 2.24) is 9.55 Å². The molecular formula is C18H18ClN3O3S. The van der Waals surface area contributed by atoms with Gasteiger partial charge in [-0.05, 0) is 44.5 Å². The number of amides is 1. The number of anilines is 1. The lowest BCUT2D eigenvalue weighted by molar-refractivity contribution is -0.118. The van der Waals surface area contributed by atoms with E-state index in [0.717, 1.165) is 10.4 Å². The molecule has 1 atom stereocenters. The number of thiophene rings is 1. The first-order chi connectivity index (χ1) is 12.3. The van der Waals surface area contributed by atoms with Crippen molar-refractivity contribution >= 4 is 44.7 Å². The number of hydrogen-bond donors (Lipinski definition) is 1. The van der Waals surface area contributed by atoms with Gasteiger partial charge >= 0.3 is 0 Å². The quantitative estimate of drug-likeness (QED) is 0.731. The van der Waals surface area contributed by atoms with Crippen LogP contribution in [0.15, 0.2) is 29.3 Å².